The first-order valence-corrected chi connectivity index (χ1v) is 14.0. The third-order valence-corrected chi connectivity index (χ3v) is 6.74. The summed E-state index contributed by atoms with van der Waals surface area (Å²) in [6.07, 6.45) is 0.685. The molecule has 1 aromatic rings. The van der Waals surface area contributed by atoms with Gasteiger partial charge in [-0.1, -0.05) is 35.6 Å². The predicted molar refractivity (Wildman–Crippen MR) is 115 cm³/mol. The number of benzene rings is 1. The van der Waals surface area contributed by atoms with Gasteiger partial charge in [-0.25, -0.2) is 18.6 Å². The van der Waals surface area contributed by atoms with E-state index in [4.69, 9.17) is 9.47 Å². The van der Waals surface area contributed by atoms with Crippen LogP contribution in [0.15, 0.2) is 39.1 Å². The van der Waals surface area contributed by atoms with Gasteiger partial charge in [0.25, 0.3) is 5.23 Å². The molecule has 28 heavy (non-hydrogen) atoms. The van der Waals surface area contributed by atoms with Gasteiger partial charge in [0.1, 0.15) is 24.8 Å². The number of thioether (sulfide) groups is 1. The van der Waals surface area contributed by atoms with Gasteiger partial charge in [-0.15, -0.1) is 0 Å². The fraction of sp³-hybridized carbons (Fsp3) is 0.444. The Bertz CT molecular complexity index is 774. The van der Waals surface area contributed by atoms with E-state index in [2.05, 4.69) is 45.9 Å². The molecule has 1 unspecified atom stereocenters. The molecule has 0 spiro atoms. The monoisotopic (exact) mass is 492 g/mol. The van der Waals surface area contributed by atoms with Crippen LogP contribution in [0.1, 0.15) is 5.56 Å². The van der Waals surface area contributed by atoms with Crippen molar-refractivity contribution in [3.8, 4) is 0 Å². The maximum atomic E-state index is 14.3. The van der Waals surface area contributed by atoms with Gasteiger partial charge in [-0.3, -0.25) is 5.32 Å². The second-order valence-corrected chi connectivity index (χ2v) is 14.8. The fourth-order valence-electron chi connectivity index (χ4n) is 2.28. The molecule has 0 radical (unpaired) electrons. The third-order valence-electron chi connectivity index (χ3n) is 3.90. The molecule has 0 aromatic heterocycles. The van der Waals surface area contributed by atoms with Gasteiger partial charge in [-0.05, 0) is 47.5 Å². The van der Waals surface area contributed by atoms with Crippen molar-refractivity contribution in [3.63, 3.8) is 0 Å². The number of carbonyl (C=O) groups is 1. The van der Waals surface area contributed by atoms with Crippen molar-refractivity contribution in [2.45, 2.75) is 31.2 Å². The maximum absolute atomic E-state index is 14.3. The minimum atomic E-state index is -1.58. The van der Waals surface area contributed by atoms with E-state index in [1.165, 1.54) is 29.7 Å². The Morgan fingerprint density at radius 2 is 2.14 bits per heavy atom. The Kier molecular flexibility index (Phi) is 8.23. The van der Waals surface area contributed by atoms with Crippen molar-refractivity contribution in [2.24, 2.45) is 4.99 Å². The van der Waals surface area contributed by atoms with Gasteiger partial charge < -0.3 is 9.47 Å². The van der Waals surface area contributed by atoms with Crippen LogP contribution in [0.2, 0.25) is 25.7 Å². The molecular formula is C18H23BrF2N2O3SSi. The summed E-state index contributed by atoms with van der Waals surface area (Å²) in [5.74, 6) is -0.597. The molecule has 1 heterocycles. The molecule has 0 bridgehead atoms. The lowest BCUT2D eigenvalue weighted by Gasteiger charge is -2.27. The molecule has 1 aliphatic rings. The van der Waals surface area contributed by atoms with Gasteiger partial charge in [0.15, 0.2) is 0 Å². The van der Waals surface area contributed by atoms with Gasteiger partial charge in [0.2, 0.25) is 0 Å². The summed E-state index contributed by atoms with van der Waals surface area (Å²) in [4.78, 5) is 16.1. The van der Waals surface area contributed by atoms with Crippen molar-refractivity contribution >= 4 is 47.1 Å². The Balaban J connectivity index is 1.99. The number of halogens is 3. The first-order valence-electron chi connectivity index (χ1n) is 8.64. The van der Waals surface area contributed by atoms with Crippen LogP contribution in [-0.2, 0) is 15.0 Å². The van der Waals surface area contributed by atoms with E-state index < -0.39 is 32.2 Å². The van der Waals surface area contributed by atoms with Crippen molar-refractivity contribution in [1.82, 2.24) is 5.32 Å². The summed E-state index contributed by atoms with van der Waals surface area (Å²) in [5, 5.41) is 3.92. The Labute approximate surface area is 177 Å². The molecule has 1 aliphatic heterocycles. The van der Waals surface area contributed by atoms with Crippen molar-refractivity contribution in [1.29, 1.82) is 0 Å². The summed E-state index contributed by atoms with van der Waals surface area (Å²) < 4.78 is 39.3. The van der Waals surface area contributed by atoms with Gasteiger partial charge in [0, 0.05) is 24.7 Å². The lowest BCUT2D eigenvalue weighted by molar-refractivity contribution is 0.120. The SMILES string of the molecule is C[Si](C)(C)CCOCNC(=O)OC1=NC(CF)(c2cc(Br)ccc2F)C=CS1. The summed E-state index contributed by atoms with van der Waals surface area (Å²) in [6.45, 7) is 6.28. The van der Waals surface area contributed by atoms with Gasteiger partial charge in [0.05, 0.1) is 0 Å². The van der Waals surface area contributed by atoms with Crippen LogP contribution >= 0.6 is 27.7 Å². The normalized spacial score (nSPS) is 19.3. The first-order chi connectivity index (χ1) is 13.1. The quantitative estimate of drug-likeness (QED) is 0.314. The average Bonchev–Trinajstić information content (AvgIpc) is 2.62. The summed E-state index contributed by atoms with van der Waals surface area (Å²) >= 11 is 4.26. The van der Waals surface area contributed by atoms with E-state index in [0.717, 1.165) is 17.8 Å². The smallest absolute Gasteiger partial charge is 0.385 e. The molecule has 154 valence electrons. The molecule has 1 aromatic carbocycles. The van der Waals surface area contributed by atoms with Crippen LogP contribution in [0.3, 0.4) is 0 Å². The molecule has 1 N–H and O–H groups in total. The molecule has 2 rings (SSSR count). The number of alkyl halides is 1. The van der Waals surface area contributed by atoms with E-state index in [1.807, 2.05) is 0 Å². The van der Waals surface area contributed by atoms with Crippen LogP contribution in [0.4, 0.5) is 13.6 Å². The zero-order valence-electron chi connectivity index (χ0n) is 15.9. The number of aliphatic imine (C=N–C) groups is 1. The standard InChI is InChI=1S/C18H23BrF2N2O3SSi/c1-28(2,3)9-7-25-12-22-16(24)26-17-23-18(11-20,6-8-27-17)14-10-13(19)4-5-15(14)21/h4-6,8,10H,7,9,11-12H2,1-3H3,(H,22,24). The predicted octanol–water partition coefficient (Wildman–Crippen LogP) is 5.41. The van der Waals surface area contributed by atoms with Crippen LogP contribution < -0.4 is 5.32 Å². The second-order valence-electron chi connectivity index (χ2n) is 7.41. The van der Waals surface area contributed by atoms with E-state index >= 15 is 0 Å². The minimum absolute atomic E-state index is 0.00557. The van der Waals surface area contributed by atoms with E-state index in [1.54, 1.807) is 0 Å². The summed E-state index contributed by atoms with van der Waals surface area (Å²) in [7, 11) is -1.20. The Morgan fingerprint density at radius 1 is 1.39 bits per heavy atom. The number of ether oxygens (including phenoxy) is 2. The minimum Gasteiger partial charge on any atom is -0.385 e. The number of amides is 1. The molecule has 1 amide bonds. The third kappa shape index (κ3) is 6.68. The number of nitrogens with one attached hydrogen (secondary N) is 1. The molecule has 5 nitrogen and oxygen atoms in total. The summed E-state index contributed by atoms with van der Waals surface area (Å²) in [6, 6.07) is 5.19. The highest BCUT2D eigenvalue weighted by molar-refractivity contribution is 9.10. The maximum Gasteiger partial charge on any atom is 0.416 e. The van der Waals surface area contributed by atoms with Crippen LogP contribution in [0.25, 0.3) is 0 Å². The zero-order chi connectivity index (χ0) is 20.8. The Hall–Kier alpha value is -1.23. The molecular weight excluding hydrogens is 470 g/mol. The molecule has 0 saturated heterocycles. The lowest BCUT2D eigenvalue weighted by atomic mass is 9.91. The second kappa shape index (κ2) is 9.99. The Morgan fingerprint density at radius 3 is 2.82 bits per heavy atom. The molecule has 0 saturated carbocycles. The topological polar surface area (TPSA) is 59.9 Å². The molecule has 0 aliphatic carbocycles. The average molecular weight is 493 g/mol. The number of alkyl carbamates (subject to hydrolysis) is 1. The first kappa shape index (κ1) is 23.0. The number of carbonyl (C=O) groups excluding carboxylic acids is 1. The van der Waals surface area contributed by atoms with Gasteiger partial charge in [-0.2, -0.15) is 0 Å². The highest BCUT2D eigenvalue weighted by Gasteiger charge is 2.36. The lowest BCUT2D eigenvalue weighted by Crippen LogP contribution is -2.33. The van der Waals surface area contributed by atoms with Crippen LogP contribution in [0.5, 0.6) is 0 Å². The molecule has 1 atom stereocenters. The van der Waals surface area contributed by atoms with Crippen molar-refractivity contribution < 1.29 is 23.0 Å². The van der Waals surface area contributed by atoms with E-state index in [9.17, 15) is 13.6 Å². The molecule has 10 heteroatoms. The number of rotatable bonds is 7. The largest absolute Gasteiger partial charge is 0.416 e. The molecule has 0 fully saturated rings. The van der Waals surface area contributed by atoms with Crippen LogP contribution in [0, 0.1) is 5.82 Å². The van der Waals surface area contributed by atoms with Crippen molar-refractivity contribution in [3.05, 3.63) is 45.5 Å². The highest BCUT2D eigenvalue weighted by Crippen LogP contribution is 2.37. The summed E-state index contributed by atoms with van der Waals surface area (Å²) in [5.41, 5.74) is -1.53. The zero-order valence-corrected chi connectivity index (χ0v) is 19.3. The number of nitrogens with zero attached hydrogens (tertiary/aromatic N) is 1. The van der Waals surface area contributed by atoms with Crippen LogP contribution in [-0.4, -0.2) is 39.4 Å². The van der Waals surface area contributed by atoms with Crippen molar-refractivity contribution in [2.75, 3.05) is 20.0 Å². The van der Waals surface area contributed by atoms with E-state index in [-0.39, 0.29) is 17.5 Å². The number of hydrogen-bond donors (Lipinski definition) is 1. The number of hydrogen-bond acceptors (Lipinski definition) is 5. The van der Waals surface area contributed by atoms with E-state index in [0.29, 0.717) is 11.1 Å². The highest BCUT2D eigenvalue weighted by atomic mass is 79.9. The fourth-order valence-corrected chi connectivity index (χ4v) is 4.15. The van der Waals surface area contributed by atoms with Gasteiger partial charge >= 0.3 is 6.09 Å².